The fourth-order valence-corrected chi connectivity index (χ4v) is 5.06. The maximum atomic E-state index is 13.9. The van der Waals surface area contributed by atoms with E-state index in [4.69, 9.17) is 15.3 Å². The molecule has 0 spiro atoms. The van der Waals surface area contributed by atoms with Crippen molar-refractivity contribution >= 4 is 11.0 Å². The Morgan fingerprint density at radius 1 is 0.696 bits per heavy atom. The van der Waals surface area contributed by atoms with Crippen molar-refractivity contribution in [3.63, 3.8) is 0 Å². The van der Waals surface area contributed by atoms with E-state index in [1.165, 1.54) is 25.6 Å². The Kier molecular flexibility index (Phi) is 12.2. The summed E-state index contributed by atoms with van der Waals surface area (Å²) in [7, 11) is 1.35. The van der Waals surface area contributed by atoms with Gasteiger partial charge >= 0.3 is 24.6 Å². The van der Waals surface area contributed by atoms with Gasteiger partial charge in [0.25, 0.3) is 0 Å². The largest absolute Gasteiger partial charge is 0.573 e. The van der Waals surface area contributed by atoms with E-state index in [-0.39, 0.29) is 40.3 Å². The summed E-state index contributed by atoms with van der Waals surface area (Å²) in [6.45, 7) is 4.57. The third kappa shape index (κ3) is 9.47. The Balaban J connectivity index is 0.000000240. The van der Waals surface area contributed by atoms with Gasteiger partial charge in [-0.1, -0.05) is 26.0 Å². The minimum absolute atomic E-state index is 0.00798. The highest BCUT2D eigenvalue weighted by molar-refractivity contribution is 5.68. The summed E-state index contributed by atoms with van der Waals surface area (Å²) < 4.78 is 153. The van der Waals surface area contributed by atoms with Crippen LogP contribution in [0.2, 0.25) is 0 Å². The van der Waals surface area contributed by atoms with Crippen LogP contribution < -0.4 is 4.74 Å². The topological polar surface area (TPSA) is 126 Å². The van der Waals surface area contributed by atoms with Crippen LogP contribution in [0.3, 0.4) is 0 Å². The van der Waals surface area contributed by atoms with Gasteiger partial charge in [0.05, 0.1) is 36.0 Å². The maximum Gasteiger partial charge on any atom is 0.573 e. The molecule has 56 heavy (non-hydrogen) atoms. The van der Waals surface area contributed by atoms with Crippen molar-refractivity contribution < 1.29 is 57.8 Å². The van der Waals surface area contributed by atoms with Gasteiger partial charge in [0.1, 0.15) is 28.9 Å². The average Bonchev–Trinajstić information content (AvgIpc) is 3.70. The van der Waals surface area contributed by atoms with Gasteiger partial charge < -0.3 is 9.47 Å². The minimum atomic E-state index is -4.87. The Morgan fingerprint density at radius 3 is 1.70 bits per heavy atom. The van der Waals surface area contributed by atoms with Crippen molar-refractivity contribution in [2.45, 2.75) is 52.0 Å². The second-order valence-corrected chi connectivity index (χ2v) is 11.1. The molecule has 0 saturated carbocycles. The van der Waals surface area contributed by atoms with E-state index in [0.29, 0.717) is 22.5 Å². The van der Waals surface area contributed by atoms with Crippen LogP contribution in [0.25, 0.3) is 33.5 Å². The summed E-state index contributed by atoms with van der Waals surface area (Å²) in [5.41, 5.74) is -0.594. The van der Waals surface area contributed by atoms with Crippen molar-refractivity contribution in [3.8, 4) is 40.4 Å². The SMILES string of the molecule is CC.COCc1cc(OC(F)(F)F)ccc1-c1cn2c(C(C)(F)F)nc(C#N)c2cn1.N#Cc1nc(C(F)(F)F)n2cc(-c3ccc(C(F)(F)F)cc3)ncc12. The molecule has 21 heteroatoms. The number of fused-ring (bicyclic) bond motifs is 2. The number of aromatic nitrogens is 6. The number of halogens is 11. The highest BCUT2D eigenvalue weighted by Crippen LogP contribution is 2.35. The molecule has 10 nitrogen and oxygen atoms in total. The van der Waals surface area contributed by atoms with Crippen LogP contribution in [0.4, 0.5) is 48.3 Å². The normalized spacial score (nSPS) is 11.9. The van der Waals surface area contributed by atoms with E-state index >= 15 is 0 Å². The number of imidazole rings is 2. The molecule has 2 aromatic carbocycles. The zero-order chi connectivity index (χ0) is 41.8. The van der Waals surface area contributed by atoms with Gasteiger partial charge in [-0.25, -0.2) is 9.97 Å². The lowest BCUT2D eigenvalue weighted by molar-refractivity contribution is -0.274. The number of nitrogens with zero attached hydrogens (tertiary/aromatic N) is 8. The first-order valence-corrected chi connectivity index (χ1v) is 15.7. The first-order valence-electron chi connectivity index (χ1n) is 15.7. The van der Waals surface area contributed by atoms with Crippen molar-refractivity contribution in [1.82, 2.24) is 28.7 Å². The molecule has 0 saturated heterocycles. The first kappa shape index (κ1) is 42.4. The molecule has 0 amide bonds. The van der Waals surface area contributed by atoms with Crippen LogP contribution in [-0.2, 0) is 29.6 Å². The zero-order valence-corrected chi connectivity index (χ0v) is 29.1. The summed E-state index contributed by atoms with van der Waals surface area (Å²) in [6, 6.07) is 10.6. The number of rotatable bonds is 6. The maximum absolute atomic E-state index is 13.9. The molecule has 0 atom stereocenters. The van der Waals surface area contributed by atoms with Crippen molar-refractivity contribution in [2.24, 2.45) is 0 Å². The Hall–Kier alpha value is -6.35. The van der Waals surface area contributed by atoms with Crippen LogP contribution in [0.15, 0.2) is 67.3 Å². The standard InChI is InChI=1S/C18H13F5N4O2.C15H6F6N4.C2H6/c1-17(19,20)16-26-13(6-24)15-7-25-14(8-27(15)16)12-4-3-11(29-18(21,22)23)5-10(12)9-28-2;16-14(17,18)9-3-1-8(2-4-9)11-7-25-12(6-23-11)10(5-22)24-13(25)15(19,20)21;1-2/h3-5,7-8H,9H2,1-2H3;1-4,6-7H;1-2H3. The second kappa shape index (κ2) is 16.2. The summed E-state index contributed by atoms with van der Waals surface area (Å²) in [4.78, 5) is 15.0. The fourth-order valence-electron chi connectivity index (χ4n) is 5.06. The molecule has 6 aromatic rings. The summed E-state index contributed by atoms with van der Waals surface area (Å²) in [6.07, 6.45) is -9.75. The molecular weight excluding hydrogens is 773 g/mol. The molecule has 0 radical (unpaired) electrons. The monoisotopic (exact) mass is 798 g/mol. The summed E-state index contributed by atoms with van der Waals surface area (Å²) in [5, 5.41) is 18.0. The highest BCUT2D eigenvalue weighted by atomic mass is 19.4. The Morgan fingerprint density at radius 2 is 1.21 bits per heavy atom. The number of nitriles is 2. The number of methoxy groups -OCH3 is 1. The van der Waals surface area contributed by atoms with E-state index < -0.39 is 53.3 Å². The average molecular weight is 799 g/mol. The summed E-state index contributed by atoms with van der Waals surface area (Å²) in [5.74, 6) is -5.76. The molecule has 4 aromatic heterocycles. The minimum Gasteiger partial charge on any atom is -0.406 e. The third-order valence-corrected chi connectivity index (χ3v) is 7.30. The number of hydrogen-bond donors (Lipinski definition) is 0. The number of alkyl halides is 11. The van der Waals surface area contributed by atoms with Crippen LogP contribution in [0.1, 0.15) is 54.9 Å². The smallest absolute Gasteiger partial charge is 0.406 e. The van der Waals surface area contributed by atoms with Gasteiger partial charge in [0, 0.05) is 37.6 Å². The van der Waals surface area contributed by atoms with Gasteiger partial charge in [0.15, 0.2) is 17.2 Å². The van der Waals surface area contributed by atoms with Crippen LogP contribution in [-0.4, -0.2) is 42.2 Å². The van der Waals surface area contributed by atoms with E-state index in [1.54, 1.807) is 12.1 Å². The van der Waals surface area contributed by atoms with Crippen LogP contribution in [0, 0.1) is 22.7 Å². The van der Waals surface area contributed by atoms with E-state index in [2.05, 4.69) is 24.7 Å². The lowest BCUT2D eigenvalue weighted by Crippen LogP contribution is -2.17. The lowest BCUT2D eigenvalue weighted by atomic mass is 10.0. The van der Waals surface area contributed by atoms with Crippen LogP contribution in [0.5, 0.6) is 5.75 Å². The van der Waals surface area contributed by atoms with E-state index in [9.17, 15) is 48.3 Å². The van der Waals surface area contributed by atoms with Crippen molar-refractivity contribution in [3.05, 3.63) is 101 Å². The second-order valence-electron chi connectivity index (χ2n) is 11.1. The molecule has 0 N–H and O–H groups in total. The van der Waals surface area contributed by atoms with E-state index in [0.717, 1.165) is 53.2 Å². The molecule has 0 aliphatic heterocycles. The van der Waals surface area contributed by atoms with E-state index in [1.807, 2.05) is 13.8 Å². The fraction of sp³-hybridized carbons (Fsp3) is 0.257. The molecule has 0 bridgehead atoms. The quantitative estimate of drug-likeness (QED) is 0.153. The number of hydrogen-bond acceptors (Lipinski definition) is 8. The van der Waals surface area contributed by atoms with Gasteiger partial charge in [0.2, 0.25) is 5.82 Å². The molecule has 0 aliphatic carbocycles. The van der Waals surface area contributed by atoms with Gasteiger partial charge in [-0.15, -0.1) is 13.2 Å². The third-order valence-electron chi connectivity index (χ3n) is 7.30. The highest BCUT2D eigenvalue weighted by Gasteiger charge is 2.38. The van der Waals surface area contributed by atoms with Gasteiger partial charge in [-0.2, -0.15) is 45.6 Å². The number of ether oxygens (including phenoxy) is 2. The Bertz CT molecular complexity index is 2420. The molecule has 0 aliphatic rings. The predicted molar refractivity (Wildman–Crippen MR) is 175 cm³/mol. The van der Waals surface area contributed by atoms with Gasteiger partial charge in [-0.05, 0) is 35.9 Å². The molecule has 294 valence electrons. The zero-order valence-electron chi connectivity index (χ0n) is 29.1. The van der Waals surface area contributed by atoms with Crippen molar-refractivity contribution in [2.75, 3.05) is 7.11 Å². The van der Waals surface area contributed by atoms with Gasteiger partial charge in [-0.3, -0.25) is 18.8 Å². The first-order chi connectivity index (χ1) is 26.1. The molecule has 0 unspecified atom stereocenters. The molecular formula is C35H25F11N8O2. The Labute approximate surface area is 309 Å². The predicted octanol–water partition coefficient (Wildman–Crippen LogP) is 9.76. The molecule has 4 heterocycles. The van der Waals surface area contributed by atoms with Crippen molar-refractivity contribution in [1.29, 1.82) is 10.5 Å². The lowest BCUT2D eigenvalue weighted by Gasteiger charge is -2.14. The summed E-state index contributed by atoms with van der Waals surface area (Å²) >= 11 is 0. The van der Waals surface area contributed by atoms with Crippen LogP contribution >= 0.6 is 0 Å². The molecule has 6 rings (SSSR count). The molecule has 0 fully saturated rings. The number of benzene rings is 2.